The van der Waals surface area contributed by atoms with Gasteiger partial charge in [0.25, 0.3) is 11.6 Å². The van der Waals surface area contributed by atoms with Crippen LogP contribution < -0.4 is 10.9 Å². The predicted octanol–water partition coefficient (Wildman–Crippen LogP) is 5.22. The molecule has 0 atom stereocenters. The van der Waals surface area contributed by atoms with Gasteiger partial charge in [0, 0.05) is 22.0 Å². The molecule has 3 aromatic carbocycles. The molecule has 1 heterocycles. The van der Waals surface area contributed by atoms with Crippen molar-refractivity contribution in [2.45, 2.75) is 0 Å². The van der Waals surface area contributed by atoms with Crippen LogP contribution in [0.1, 0.15) is 10.4 Å². The Balaban J connectivity index is 1.70. The maximum Gasteiger partial charge on any atom is 0.294 e. The summed E-state index contributed by atoms with van der Waals surface area (Å²) in [5.74, 6) is -0.443. The zero-order valence-electron chi connectivity index (χ0n) is 15.5. The number of nitrogens with one attached hydrogen (secondary N) is 2. The van der Waals surface area contributed by atoms with Gasteiger partial charge in [0.05, 0.1) is 21.7 Å². The Bertz CT molecular complexity index is 1260. The lowest BCUT2D eigenvalue weighted by Crippen LogP contribution is -2.30. The third kappa shape index (κ3) is 3.92. The molecule has 0 saturated heterocycles. The van der Waals surface area contributed by atoms with Crippen LogP contribution in [0.2, 0.25) is 5.02 Å². The zero-order valence-corrected chi connectivity index (χ0v) is 16.3. The Morgan fingerprint density at radius 3 is 2.43 bits per heavy atom. The quantitative estimate of drug-likeness (QED) is 0.342. The van der Waals surface area contributed by atoms with E-state index >= 15 is 0 Å². The monoisotopic (exact) mass is 418 g/mol. The molecule has 0 aliphatic carbocycles. The minimum Gasteiger partial charge on any atom is -0.292 e. The molecule has 4 rings (SSSR count). The summed E-state index contributed by atoms with van der Waals surface area (Å²) in [6, 6.07) is 22.2. The molecule has 7 nitrogen and oxygen atoms in total. The molecule has 1 amide bonds. The third-order valence-electron chi connectivity index (χ3n) is 4.51. The van der Waals surface area contributed by atoms with Crippen molar-refractivity contribution in [3.05, 3.63) is 99.6 Å². The number of rotatable bonds is 5. The van der Waals surface area contributed by atoms with Gasteiger partial charge in [-0.1, -0.05) is 54.1 Å². The molecule has 0 bridgehead atoms. The number of hydrogen-bond acceptors (Lipinski definition) is 5. The van der Waals surface area contributed by atoms with E-state index in [-0.39, 0.29) is 11.4 Å². The summed E-state index contributed by atoms with van der Waals surface area (Å²) >= 11 is 5.97. The number of benzene rings is 3. The summed E-state index contributed by atoms with van der Waals surface area (Å²) in [5.41, 5.74) is 7.70. The van der Waals surface area contributed by atoms with Gasteiger partial charge in [0.2, 0.25) is 0 Å². The Hall–Kier alpha value is -3.97. The van der Waals surface area contributed by atoms with E-state index in [0.29, 0.717) is 27.2 Å². The van der Waals surface area contributed by atoms with E-state index in [0.717, 1.165) is 5.56 Å². The molecule has 0 saturated carbocycles. The Morgan fingerprint density at radius 2 is 1.67 bits per heavy atom. The van der Waals surface area contributed by atoms with E-state index in [9.17, 15) is 14.9 Å². The molecule has 148 valence electrons. The highest BCUT2D eigenvalue weighted by molar-refractivity contribution is 6.30. The number of para-hydroxylation sites is 3. The van der Waals surface area contributed by atoms with E-state index < -0.39 is 10.8 Å². The zero-order chi connectivity index (χ0) is 21.1. The average Bonchev–Trinajstić information content (AvgIpc) is 2.77. The molecule has 2 N–H and O–H groups in total. The second-order valence-electron chi connectivity index (χ2n) is 6.43. The molecule has 30 heavy (non-hydrogen) atoms. The van der Waals surface area contributed by atoms with Crippen molar-refractivity contribution in [1.29, 1.82) is 0 Å². The first-order valence-electron chi connectivity index (χ1n) is 8.98. The van der Waals surface area contributed by atoms with Gasteiger partial charge in [0.15, 0.2) is 0 Å². The third-order valence-corrected chi connectivity index (χ3v) is 4.76. The molecule has 8 heteroatoms. The van der Waals surface area contributed by atoms with Crippen LogP contribution in [0.5, 0.6) is 0 Å². The number of fused-ring (bicyclic) bond motifs is 1. The van der Waals surface area contributed by atoms with Crippen LogP contribution in [-0.4, -0.2) is 15.8 Å². The highest BCUT2D eigenvalue weighted by atomic mass is 35.5. The SMILES string of the molecule is O=C(NNc1ccccc1[N+](=O)[O-])c1cc(-c2ccc(Cl)cc2)nc2ccccc12. The van der Waals surface area contributed by atoms with E-state index in [4.69, 9.17) is 11.6 Å². The number of aromatic nitrogens is 1. The fraction of sp³-hybridized carbons (Fsp3) is 0. The Kier molecular flexibility index (Phi) is 5.28. The number of hydrogen-bond donors (Lipinski definition) is 2. The number of anilines is 1. The molecule has 0 aliphatic rings. The lowest BCUT2D eigenvalue weighted by Gasteiger charge is -2.12. The molecule has 0 unspecified atom stereocenters. The smallest absolute Gasteiger partial charge is 0.292 e. The van der Waals surface area contributed by atoms with Crippen molar-refractivity contribution in [3.63, 3.8) is 0 Å². The maximum absolute atomic E-state index is 13.0. The minimum atomic E-state index is -0.519. The number of nitro benzene ring substituents is 1. The normalized spacial score (nSPS) is 10.6. The maximum atomic E-state index is 13.0. The fourth-order valence-corrected chi connectivity index (χ4v) is 3.19. The largest absolute Gasteiger partial charge is 0.294 e. The van der Waals surface area contributed by atoms with E-state index in [1.54, 1.807) is 36.4 Å². The van der Waals surface area contributed by atoms with Crippen molar-refractivity contribution >= 4 is 39.8 Å². The topological polar surface area (TPSA) is 97.2 Å². The number of halogens is 1. The van der Waals surface area contributed by atoms with Crippen molar-refractivity contribution in [1.82, 2.24) is 10.4 Å². The number of amides is 1. The van der Waals surface area contributed by atoms with Crippen LogP contribution in [-0.2, 0) is 0 Å². The Labute approximate surface area is 176 Å². The second kappa shape index (κ2) is 8.18. The van der Waals surface area contributed by atoms with Crippen LogP contribution in [0.3, 0.4) is 0 Å². The highest BCUT2D eigenvalue weighted by Crippen LogP contribution is 2.26. The van der Waals surface area contributed by atoms with Crippen molar-refractivity contribution in [2.24, 2.45) is 0 Å². The summed E-state index contributed by atoms with van der Waals surface area (Å²) in [7, 11) is 0. The van der Waals surface area contributed by atoms with Crippen LogP contribution >= 0.6 is 11.6 Å². The Morgan fingerprint density at radius 1 is 0.967 bits per heavy atom. The number of hydrazine groups is 1. The highest BCUT2D eigenvalue weighted by Gasteiger charge is 2.16. The van der Waals surface area contributed by atoms with Crippen molar-refractivity contribution in [3.8, 4) is 11.3 Å². The van der Waals surface area contributed by atoms with E-state index in [1.165, 1.54) is 12.1 Å². The van der Waals surface area contributed by atoms with Gasteiger partial charge >= 0.3 is 0 Å². The first-order valence-corrected chi connectivity index (χ1v) is 9.36. The van der Waals surface area contributed by atoms with Gasteiger partial charge in [0.1, 0.15) is 5.69 Å². The van der Waals surface area contributed by atoms with Gasteiger partial charge in [-0.2, -0.15) is 0 Å². The standard InChI is InChI=1S/C22H15ClN4O3/c23-15-11-9-14(10-12-15)20-13-17(16-5-1-2-6-18(16)24-20)22(28)26-25-19-7-3-4-8-21(19)27(29)30/h1-13,25H,(H,26,28). The fourth-order valence-electron chi connectivity index (χ4n) is 3.06. The molecular weight excluding hydrogens is 404 g/mol. The van der Waals surface area contributed by atoms with Crippen LogP contribution in [0.25, 0.3) is 22.2 Å². The molecule has 0 spiro atoms. The van der Waals surface area contributed by atoms with E-state index in [2.05, 4.69) is 15.8 Å². The van der Waals surface area contributed by atoms with Crippen LogP contribution in [0.4, 0.5) is 11.4 Å². The number of nitrogens with zero attached hydrogens (tertiary/aromatic N) is 2. The summed E-state index contributed by atoms with van der Waals surface area (Å²) in [6.45, 7) is 0. The molecule has 4 aromatic rings. The second-order valence-corrected chi connectivity index (χ2v) is 6.87. The average molecular weight is 419 g/mol. The minimum absolute atomic E-state index is 0.140. The van der Waals surface area contributed by atoms with E-state index in [1.807, 2.05) is 30.3 Å². The molecule has 0 fully saturated rings. The predicted molar refractivity (Wildman–Crippen MR) is 116 cm³/mol. The molecule has 1 aromatic heterocycles. The van der Waals surface area contributed by atoms with Crippen molar-refractivity contribution < 1.29 is 9.72 Å². The van der Waals surface area contributed by atoms with Crippen LogP contribution in [0, 0.1) is 10.1 Å². The first-order chi connectivity index (χ1) is 14.5. The number of pyridine rings is 1. The first kappa shape index (κ1) is 19.4. The van der Waals surface area contributed by atoms with Gasteiger partial charge < -0.3 is 0 Å². The number of nitro groups is 1. The number of carbonyl (C=O) groups excluding carboxylic acids is 1. The van der Waals surface area contributed by atoms with Crippen LogP contribution in [0.15, 0.2) is 78.9 Å². The summed E-state index contributed by atoms with van der Waals surface area (Å²) < 4.78 is 0. The molecule has 0 radical (unpaired) electrons. The lowest BCUT2D eigenvalue weighted by atomic mass is 10.0. The van der Waals surface area contributed by atoms with Crippen molar-refractivity contribution in [2.75, 3.05) is 5.43 Å². The van der Waals surface area contributed by atoms with Gasteiger partial charge in [-0.3, -0.25) is 25.8 Å². The summed E-state index contributed by atoms with van der Waals surface area (Å²) in [4.78, 5) is 28.3. The number of carbonyl (C=O) groups is 1. The molecule has 0 aliphatic heterocycles. The summed E-state index contributed by atoms with van der Waals surface area (Å²) in [6.07, 6.45) is 0. The van der Waals surface area contributed by atoms with Gasteiger partial charge in [-0.25, -0.2) is 4.98 Å². The van der Waals surface area contributed by atoms with Gasteiger partial charge in [-0.05, 0) is 30.3 Å². The molecular formula is C22H15ClN4O3. The lowest BCUT2D eigenvalue weighted by molar-refractivity contribution is -0.384. The van der Waals surface area contributed by atoms with Gasteiger partial charge in [-0.15, -0.1) is 0 Å². The summed E-state index contributed by atoms with van der Waals surface area (Å²) in [5, 5.41) is 12.4.